The van der Waals surface area contributed by atoms with Crippen molar-refractivity contribution in [1.82, 2.24) is 0 Å². The molecular formula is C27H44O3. The van der Waals surface area contributed by atoms with Gasteiger partial charge in [-0.05, 0) is 88.4 Å². The first-order valence-electron chi connectivity index (χ1n) is 12.2. The Morgan fingerprint density at radius 1 is 1.03 bits per heavy atom. The van der Waals surface area contributed by atoms with Crippen LogP contribution in [0, 0.1) is 29.1 Å². The molecule has 170 valence electrons. The second-order valence-electron chi connectivity index (χ2n) is 11.3. The van der Waals surface area contributed by atoms with Crippen molar-refractivity contribution < 1.29 is 15.3 Å². The fraction of sp³-hybridized carbons (Fsp3) is 0.778. The Morgan fingerprint density at radius 3 is 2.33 bits per heavy atom. The zero-order chi connectivity index (χ0) is 22.1. The normalized spacial score (nSPS) is 38.7. The second-order valence-corrected chi connectivity index (χ2v) is 11.3. The molecule has 3 fully saturated rings. The molecule has 30 heavy (non-hydrogen) atoms. The summed E-state index contributed by atoms with van der Waals surface area (Å²) in [7, 11) is 0. The molecule has 3 aliphatic rings. The summed E-state index contributed by atoms with van der Waals surface area (Å²) >= 11 is 0. The predicted molar refractivity (Wildman–Crippen MR) is 124 cm³/mol. The lowest BCUT2D eigenvalue weighted by Crippen LogP contribution is -2.35. The Balaban J connectivity index is 1.73. The molecule has 3 aliphatic carbocycles. The van der Waals surface area contributed by atoms with Crippen LogP contribution in [0.2, 0.25) is 0 Å². The van der Waals surface area contributed by atoms with E-state index < -0.39 is 17.8 Å². The average molecular weight is 417 g/mol. The molecule has 2 unspecified atom stereocenters. The van der Waals surface area contributed by atoms with Crippen LogP contribution < -0.4 is 0 Å². The second kappa shape index (κ2) is 9.30. The molecular weight excluding hydrogens is 372 g/mol. The molecule has 0 amide bonds. The van der Waals surface area contributed by atoms with Gasteiger partial charge in [-0.2, -0.15) is 0 Å². The first-order chi connectivity index (χ1) is 14.0. The minimum atomic E-state index is -0.674. The van der Waals surface area contributed by atoms with Crippen molar-refractivity contribution >= 4 is 0 Å². The SMILES string of the molecule is CC(/C=C\C(C)C(C)(C)O)[C@H]1CC[C@H]2/C(=C/C=C3C[C@@H](O)C[C@H](O)C3)CCC[C@]12C. The van der Waals surface area contributed by atoms with Crippen molar-refractivity contribution in [3.63, 3.8) is 0 Å². The van der Waals surface area contributed by atoms with Gasteiger partial charge in [-0.25, -0.2) is 0 Å². The van der Waals surface area contributed by atoms with E-state index in [9.17, 15) is 15.3 Å². The lowest BCUT2D eigenvalue weighted by molar-refractivity contribution is 0.0436. The predicted octanol–water partition coefficient (Wildman–Crippen LogP) is 5.56. The van der Waals surface area contributed by atoms with Crippen LogP contribution in [-0.2, 0) is 0 Å². The van der Waals surface area contributed by atoms with E-state index in [-0.39, 0.29) is 5.92 Å². The van der Waals surface area contributed by atoms with Crippen molar-refractivity contribution in [2.24, 2.45) is 29.1 Å². The molecule has 3 nitrogen and oxygen atoms in total. The highest BCUT2D eigenvalue weighted by molar-refractivity contribution is 5.26. The van der Waals surface area contributed by atoms with Crippen LogP contribution in [0.4, 0.5) is 0 Å². The smallest absolute Gasteiger partial charge is 0.0651 e. The highest BCUT2D eigenvalue weighted by Crippen LogP contribution is 2.59. The standard InChI is InChI=1S/C27H44O3/c1-18(8-9-19(2)26(3,4)30)24-12-13-25-21(7-6-14-27(24,25)5)11-10-20-15-22(28)17-23(29)16-20/h8-11,18-19,22-25,28-30H,6-7,12-17H2,1-5H3/b9-8-,21-11+/t18?,19?,22-,23-,24-,25+,27-/m1/s1. The van der Waals surface area contributed by atoms with Crippen molar-refractivity contribution in [1.29, 1.82) is 0 Å². The van der Waals surface area contributed by atoms with E-state index in [1.165, 1.54) is 37.7 Å². The van der Waals surface area contributed by atoms with E-state index in [4.69, 9.17) is 0 Å². The van der Waals surface area contributed by atoms with E-state index >= 15 is 0 Å². The fourth-order valence-corrected chi connectivity index (χ4v) is 6.39. The van der Waals surface area contributed by atoms with Crippen molar-refractivity contribution in [3.8, 4) is 0 Å². The van der Waals surface area contributed by atoms with Gasteiger partial charge in [0, 0.05) is 5.92 Å². The summed E-state index contributed by atoms with van der Waals surface area (Å²) in [4.78, 5) is 0. The van der Waals surface area contributed by atoms with Crippen molar-refractivity contribution in [2.75, 3.05) is 0 Å². The lowest BCUT2D eigenvalue weighted by Gasteiger charge is -2.44. The van der Waals surface area contributed by atoms with E-state index in [1.54, 1.807) is 5.57 Å². The maximum absolute atomic E-state index is 10.2. The average Bonchev–Trinajstić information content (AvgIpc) is 3.00. The highest BCUT2D eigenvalue weighted by atomic mass is 16.3. The first-order valence-corrected chi connectivity index (χ1v) is 12.2. The van der Waals surface area contributed by atoms with E-state index in [0.29, 0.717) is 42.4 Å². The van der Waals surface area contributed by atoms with E-state index in [2.05, 4.69) is 45.1 Å². The molecule has 0 spiro atoms. The van der Waals surface area contributed by atoms with Crippen LogP contribution in [-0.4, -0.2) is 33.1 Å². The van der Waals surface area contributed by atoms with Crippen molar-refractivity contribution in [2.45, 2.75) is 104 Å². The van der Waals surface area contributed by atoms with Gasteiger partial charge < -0.3 is 15.3 Å². The van der Waals surface area contributed by atoms with Gasteiger partial charge in [-0.15, -0.1) is 0 Å². The number of hydrogen-bond acceptors (Lipinski definition) is 3. The molecule has 3 saturated carbocycles. The van der Waals surface area contributed by atoms with Gasteiger partial charge >= 0.3 is 0 Å². The number of rotatable bonds is 5. The third kappa shape index (κ3) is 5.29. The zero-order valence-electron chi connectivity index (χ0n) is 19.8. The summed E-state index contributed by atoms with van der Waals surface area (Å²) in [6.45, 7) is 10.7. The van der Waals surface area contributed by atoms with Gasteiger partial charge in [0.15, 0.2) is 0 Å². The molecule has 0 aromatic carbocycles. The van der Waals surface area contributed by atoms with Crippen LogP contribution in [0.15, 0.2) is 35.5 Å². The number of aliphatic hydroxyl groups is 3. The third-order valence-electron chi connectivity index (χ3n) is 8.56. The fourth-order valence-electron chi connectivity index (χ4n) is 6.39. The Bertz CT molecular complexity index is 671. The van der Waals surface area contributed by atoms with Gasteiger partial charge in [0.25, 0.3) is 0 Å². The van der Waals surface area contributed by atoms with E-state index in [1.807, 2.05) is 13.8 Å². The first kappa shape index (κ1) is 23.8. The molecule has 0 aromatic rings. The van der Waals surface area contributed by atoms with Crippen LogP contribution in [0.5, 0.6) is 0 Å². The lowest BCUT2D eigenvalue weighted by atomic mass is 9.61. The van der Waals surface area contributed by atoms with Crippen molar-refractivity contribution in [3.05, 3.63) is 35.5 Å². The maximum atomic E-state index is 10.2. The molecule has 3 heteroatoms. The Kier molecular flexibility index (Phi) is 7.37. The largest absolute Gasteiger partial charge is 0.393 e. The quantitative estimate of drug-likeness (QED) is 0.514. The van der Waals surface area contributed by atoms with E-state index in [0.717, 1.165) is 0 Å². The summed E-state index contributed by atoms with van der Waals surface area (Å²) in [5, 5.41) is 30.2. The Labute approximate surface area is 184 Å². The number of fused-ring (bicyclic) bond motifs is 1. The summed E-state index contributed by atoms with van der Waals surface area (Å²) < 4.78 is 0. The summed E-state index contributed by atoms with van der Waals surface area (Å²) in [5.41, 5.74) is 2.43. The zero-order valence-corrected chi connectivity index (χ0v) is 19.8. The summed E-state index contributed by atoms with van der Waals surface area (Å²) in [6.07, 6.45) is 16.5. The molecule has 0 aromatic heterocycles. The van der Waals surface area contributed by atoms with Gasteiger partial charge in [0.2, 0.25) is 0 Å². The number of aliphatic hydroxyl groups excluding tert-OH is 2. The molecule has 0 heterocycles. The molecule has 3 rings (SSSR count). The number of allylic oxidation sites excluding steroid dienone is 4. The third-order valence-corrected chi connectivity index (χ3v) is 8.56. The number of hydrogen-bond donors (Lipinski definition) is 3. The molecule has 0 radical (unpaired) electrons. The Hall–Kier alpha value is -0.900. The van der Waals surface area contributed by atoms with Crippen LogP contribution in [0.3, 0.4) is 0 Å². The van der Waals surface area contributed by atoms with Gasteiger partial charge in [-0.1, -0.05) is 56.2 Å². The molecule has 3 N–H and O–H groups in total. The minimum Gasteiger partial charge on any atom is -0.393 e. The highest BCUT2D eigenvalue weighted by Gasteiger charge is 2.50. The van der Waals surface area contributed by atoms with Gasteiger partial charge in [0.1, 0.15) is 0 Å². The van der Waals surface area contributed by atoms with Gasteiger partial charge in [0.05, 0.1) is 17.8 Å². The summed E-state index contributed by atoms with van der Waals surface area (Å²) in [6, 6.07) is 0. The molecule has 0 saturated heterocycles. The van der Waals surface area contributed by atoms with Crippen LogP contribution >= 0.6 is 0 Å². The van der Waals surface area contributed by atoms with Crippen LogP contribution in [0.25, 0.3) is 0 Å². The maximum Gasteiger partial charge on any atom is 0.0651 e. The Morgan fingerprint density at radius 2 is 1.70 bits per heavy atom. The topological polar surface area (TPSA) is 60.7 Å². The summed E-state index contributed by atoms with van der Waals surface area (Å²) in [5.74, 6) is 2.00. The monoisotopic (exact) mass is 416 g/mol. The molecule has 0 bridgehead atoms. The molecule has 7 atom stereocenters. The van der Waals surface area contributed by atoms with Crippen LogP contribution in [0.1, 0.15) is 86.0 Å². The minimum absolute atomic E-state index is 0.152. The molecule has 0 aliphatic heterocycles. The van der Waals surface area contributed by atoms with Gasteiger partial charge in [-0.3, -0.25) is 0 Å².